The number of nitrogens with zero attached hydrogens (tertiary/aromatic N) is 5. The fourth-order valence-electron chi connectivity index (χ4n) is 5.87. The van der Waals surface area contributed by atoms with Gasteiger partial charge in [-0.2, -0.15) is 0 Å². The van der Waals surface area contributed by atoms with E-state index >= 15 is 0 Å². The number of para-hydroxylation sites is 2. The first kappa shape index (κ1) is 36.3. The second kappa shape index (κ2) is 17.6. The largest absolute Gasteiger partial charge is 0.489 e. The van der Waals surface area contributed by atoms with E-state index in [-0.39, 0.29) is 30.8 Å². The number of carbonyl (C=O) groups excluding carboxylic acids is 1. The van der Waals surface area contributed by atoms with Crippen molar-refractivity contribution in [2.75, 3.05) is 65.7 Å². The number of carbonyl (C=O) groups is 1. The molecule has 12 heteroatoms. The predicted octanol–water partition coefficient (Wildman–Crippen LogP) is 4.38. The van der Waals surface area contributed by atoms with E-state index in [4.69, 9.17) is 35.9 Å². The molecule has 1 amide bonds. The minimum atomic E-state index is -0.128. The Labute approximate surface area is 292 Å². The summed E-state index contributed by atoms with van der Waals surface area (Å²) in [6, 6.07) is 20.6. The monoisotopic (exact) mass is 691 g/mol. The Hall–Kier alpha value is -4.00. The highest BCUT2D eigenvalue weighted by atomic mass is 35.5. The van der Waals surface area contributed by atoms with Gasteiger partial charge in [0.1, 0.15) is 17.3 Å². The fourth-order valence-corrected chi connectivity index (χ4v) is 5.99. The molecule has 2 aliphatic rings. The quantitative estimate of drug-likeness (QED) is 0.259. The molecule has 2 aliphatic heterocycles. The molecule has 11 nitrogen and oxygen atoms in total. The van der Waals surface area contributed by atoms with Crippen molar-refractivity contribution in [2.45, 2.75) is 40.0 Å². The SMILES string of the molecule is CC(C)Oc1ccccc1-n1c(CN2CCN(C(=O)COc3ccc(Cl)cc3)CC2)nc2ccc(CN3CCOCC3)cc2c1=O.CCO. The van der Waals surface area contributed by atoms with Gasteiger partial charge in [-0.25, -0.2) is 4.98 Å². The van der Waals surface area contributed by atoms with E-state index in [0.29, 0.717) is 71.7 Å². The summed E-state index contributed by atoms with van der Waals surface area (Å²) in [6.07, 6.45) is -0.0665. The van der Waals surface area contributed by atoms with E-state index in [0.717, 1.165) is 38.4 Å². The first-order chi connectivity index (χ1) is 23.7. The molecule has 6 rings (SSSR count). The average molecular weight is 692 g/mol. The number of hydrogen-bond donors (Lipinski definition) is 1. The summed E-state index contributed by atoms with van der Waals surface area (Å²) < 4.78 is 19.0. The van der Waals surface area contributed by atoms with E-state index in [1.807, 2.05) is 55.1 Å². The summed E-state index contributed by atoms with van der Waals surface area (Å²) in [5, 5.41) is 8.76. The van der Waals surface area contributed by atoms with Crippen LogP contribution in [-0.4, -0.2) is 107 Å². The maximum Gasteiger partial charge on any atom is 0.266 e. The van der Waals surface area contributed by atoms with Crippen LogP contribution in [-0.2, 0) is 22.6 Å². The first-order valence-electron chi connectivity index (χ1n) is 16.9. The Morgan fingerprint density at radius 2 is 1.61 bits per heavy atom. The molecule has 0 aliphatic carbocycles. The number of aliphatic hydroxyl groups is 1. The van der Waals surface area contributed by atoms with E-state index in [1.54, 1.807) is 35.8 Å². The van der Waals surface area contributed by atoms with Crippen LogP contribution in [0.1, 0.15) is 32.2 Å². The Bertz CT molecular complexity index is 1730. The number of amides is 1. The molecule has 0 spiro atoms. The number of rotatable bonds is 10. The number of benzene rings is 3. The topological polar surface area (TPSA) is 110 Å². The molecule has 4 aromatic rings. The predicted molar refractivity (Wildman–Crippen MR) is 191 cm³/mol. The number of halogens is 1. The third-order valence-electron chi connectivity index (χ3n) is 8.25. The Kier molecular flexibility index (Phi) is 13.0. The van der Waals surface area contributed by atoms with E-state index < -0.39 is 0 Å². The fraction of sp³-hybridized carbons (Fsp3) is 0.432. The van der Waals surface area contributed by atoms with Crippen LogP contribution in [0.2, 0.25) is 5.02 Å². The van der Waals surface area contributed by atoms with Crippen molar-refractivity contribution in [1.82, 2.24) is 24.3 Å². The van der Waals surface area contributed by atoms with Gasteiger partial charge in [-0.05, 0) is 74.9 Å². The molecule has 49 heavy (non-hydrogen) atoms. The Balaban J connectivity index is 0.00000151. The second-order valence-electron chi connectivity index (χ2n) is 12.3. The Morgan fingerprint density at radius 3 is 2.31 bits per heavy atom. The molecule has 3 aromatic carbocycles. The van der Waals surface area contributed by atoms with Crippen LogP contribution in [0.5, 0.6) is 11.5 Å². The summed E-state index contributed by atoms with van der Waals surface area (Å²) in [6.45, 7) is 12.6. The van der Waals surface area contributed by atoms with Crippen LogP contribution in [0.4, 0.5) is 0 Å². The molecule has 2 saturated heterocycles. The minimum Gasteiger partial charge on any atom is -0.489 e. The highest BCUT2D eigenvalue weighted by molar-refractivity contribution is 6.30. The lowest BCUT2D eigenvalue weighted by molar-refractivity contribution is -0.135. The number of ether oxygens (including phenoxy) is 3. The molecular weight excluding hydrogens is 646 g/mol. The number of aromatic nitrogens is 2. The smallest absolute Gasteiger partial charge is 0.266 e. The van der Waals surface area contributed by atoms with Crippen LogP contribution in [0.3, 0.4) is 0 Å². The van der Waals surface area contributed by atoms with E-state index in [1.165, 1.54) is 0 Å². The Morgan fingerprint density at radius 1 is 0.939 bits per heavy atom. The zero-order valence-electron chi connectivity index (χ0n) is 28.5. The van der Waals surface area contributed by atoms with Crippen molar-refractivity contribution in [3.63, 3.8) is 0 Å². The normalized spacial score (nSPS) is 15.6. The van der Waals surface area contributed by atoms with Crippen LogP contribution in [0.15, 0.2) is 71.5 Å². The number of fused-ring (bicyclic) bond motifs is 1. The standard InChI is InChI=1S/C35H40ClN5O5.C2H6O/c1-25(2)46-32-6-4-3-5-31(32)41-33(37-30-12-7-26(21-29(30)35(41)43)22-39-17-19-44-20-18-39)23-38-13-15-40(16-14-38)34(42)24-45-28-10-8-27(36)9-11-28;1-2-3/h3-12,21,25H,13-20,22-24H2,1-2H3;3H,2H2,1H3. The molecule has 0 atom stereocenters. The number of morpholine rings is 1. The molecule has 0 bridgehead atoms. The molecule has 0 unspecified atom stereocenters. The number of hydrogen-bond acceptors (Lipinski definition) is 9. The lowest BCUT2D eigenvalue weighted by Crippen LogP contribution is -2.50. The molecule has 3 heterocycles. The average Bonchev–Trinajstić information content (AvgIpc) is 3.10. The molecule has 2 fully saturated rings. The molecule has 0 saturated carbocycles. The van der Waals surface area contributed by atoms with Gasteiger partial charge >= 0.3 is 0 Å². The lowest BCUT2D eigenvalue weighted by Gasteiger charge is -2.34. The first-order valence-corrected chi connectivity index (χ1v) is 17.2. The maximum absolute atomic E-state index is 14.4. The van der Waals surface area contributed by atoms with Crippen molar-refractivity contribution in [1.29, 1.82) is 0 Å². The van der Waals surface area contributed by atoms with Gasteiger partial charge in [-0.1, -0.05) is 29.8 Å². The van der Waals surface area contributed by atoms with Gasteiger partial charge in [0.2, 0.25) is 0 Å². The van der Waals surface area contributed by atoms with Crippen molar-refractivity contribution < 1.29 is 24.1 Å². The van der Waals surface area contributed by atoms with Gasteiger partial charge in [-0.3, -0.25) is 24.0 Å². The third kappa shape index (κ3) is 9.80. The van der Waals surface area contributed by atoms with Gasteiger partial charge in [0.05, 0.1) is 42.5 Å². The molecular formula is C37H46ClN5O6. The van der Waals surface area contributed by atoms with E-state index in [9.17, 15) is 9.59 Å². The summed E-state index contributed by atoms with van der Waals surface area (Å²) >= 11 is 5.95. The van der Waals surface area contributed by atoms with Gasteiger partial charge in [0.15, 0.2) is 6.61 Å². The second-order valence-corrected chi connectivity index (χ2v) is 12.7. The molecule has 1 N–H and O–H groups in total. The number of aliphatic hydroxyl groups excluding tert-OH is 1. The van der Waals surface area contributed by atoms with Gasteiger partial charge < -0.3 is 24.2 Å². The van der Waals surface area contributed by atoms with Gasteiger partial charge in [0.25, 0.3) is 11.5 Å². The van der Waals surface area contributed by atoms with Crippen LogP contribution in [0.25, 0.3) is 16.6 Å². The number of piperazine rings is 1. The van der Waals surface area contributed by atoms with Crippen LogP contribution < -0.4 is 15.0 Å². The van der Waals surface area contributed by atoms with Crippen LogP contribution >= 0.6 is 11.6 Å². The maximum atomic E-state index is 14.4. The van der Waals surface area contributed by atoms with Crippen molar-refractivity contribution in [3.05, 3.63) is 93.5 Å². The van der Waals surface area contributed by atoms with Gasteiger partial charge in [-0.15, -0.1) is 0 Å². The van der Waals surface area contributed by atoms with Gasteiger partial charge in [0, 0.05) is 57.4 Å². The van der Waals surface area contributed by atoms with Crippen molar-refractivity contribution in [2.24, 2.45) is 0 Å². The van der Waals surface area contributed by atoms with Crippen molar-refractivity contribution in [3.8, 4) is 17.2 Å². The third-order valence-corrected chi connectivity index (χ3v) is 8.50. The molecule has 0 radical (unpaired) electrons. The molecule has 1 aromatic heterocycles. The molecule has 262 valence electrons. The van der Waals surface area contributed by atoms with Crippen LogP contribution in [0, 0.1) is 0 Å². The summed E-state index contributed by atoms with van der Waals surface area (Å²) in [7, 11) is 0. The highest BCUT2D eigenvalue weighted by Crippen LogP contribution is 2.26. The summed E-state index contributed by atoms with van der Waals surface area (Å²) in [5.74, 6) is 1.79. The van der Waals surface area contributed by atoms with Crippen molar-refractivity contribution >= 4 is 28.4 Å². The summed E-state index contributed by atoms with van der Waals surface area (Å²) in [4.78, 5) is 38.7. The highest BCUT2D eigenvalue weighted by Gasteiger charge is 2.25. The van der Waals surface area contributed by atoms with E-state index in [2.05, 4.69) is 15.9 Å². The summed E-state index contributed by atoms with van der Waals surface area (Å²) in [5.41, 5.74) is 2.27. The lowest BCUT2D eigenvalue weighted by atomic mass is 10.1. The minimum absolute atomic E-state index is 0.0342. The zero-order valence-corrected chi connectivity index (χ0v) is 29.3. The zero-order chi connectivity index (χ0) is 34.8.